The second-order valence-electron chi connectivity index (χ2n) is 7.41. The number of aliphatic carboxylic acids is 1. The number of halogens is 2. The Hall–Kier alpha value is -2.33. The van der Waals surface area contributed by atoms with Gasteiger partial charge in [0.15, 0.2) is 0 Å². The van der Waals surface area contributed by atoms with E-state index in [0.29, 0.717) is 5.88 Å². The molecule has 0 radical (unpaired) electrons. The van der Waals surface area contributed by atoms with Crippen LogP contribution in [0.4, 0.5) is 0 Å². The molecule has 0 amide bonds. The van der Waals surface area contributed by atoms with E-state index in [1.807, 2.05) is 86.7 Å². The Balaban J connectivity index is -0.0000000797. The predicted octanol–water partition coefficient (Wildman–Crippen LogP) is 4.46. The van der Waals surface area contributed by atoms with Crippen LogP contribution in [0.1, 0.15) is 50.1 Å². The van der Waals surface area contributed by atoms with Gasteiger partial charge in [-0.3, -0.25) is 4.79 Å². The molecule has 0 atom stereocenters. The van der Waals surface area contributed by atoms with Gasteiger partial charge in [0.05, 0.1) is 6.42 Å². The molecule has 0 heterocycles. The first-order valence-electron chi connectivity index (χ1n) is 12.1. The molecule has 0 aliphatic carbocycles. The van der Waals surface area contributed by atoms with Crippen LogP contribution in [0.25, 0.3) is 18.2 Å². The molecule has 9 heteroatoms. The van der Waals surface area contributed by atoms with Crippen LogP contribution in [0, 0.1) is 6.92 Å². The van der Waals surface area contributed by atoms with Crippen LogP contribution in [-0.2, 0) is 31.4 Å². The zero-order valence-corrected chi connectivity index (χ0v) is 28.9. The minimum atomic E-state index is -0.804. The van der Waals surface area contributed by atoms with Crippen molar-refractivity contribution in [1.29, 1.82) is 0 Å². The molecular formula is C33H40Cl2Mg2O5. The molecule has 3 rings (SSSR count). The number of hydrogen-bond donors (Lipinski definition) is 1. The molecule has 0 unspecified atom stereocenters. The summed E-state index contributed by atoms with van der Waals surface area (Å²) in [6, 6.07) is 23.2. The van der Waals surface area contributed by atoms with Gasteiger partial charge in [-0.1, -0.05) is 92.1 Å². The molecule has 0 saturated heterocycles. The quantitative estimate of drug-likeness (QED) is 0.225. The van der Waals surface area contributed by atoms with Crippen LogP contribution >= 0.6 is 11.6 Å². The summed E-state index contributed by atoms with van der Waals surface area (Å²) in [7, 11) is 0. The first kappa shape index (κ1) is 49.4. The molecular weight excluding hydrogens is 596 g/mol. The van der Waals surface area contributed by atoms with Crippen molar-refractivity contribution in [2.75, 3.05) is 13.2 Å². The Kier molecular flexibility index (Phi) is 41.0. The largest absolute Gasteiger partial charge is 2.00 e. The Bertz CT molecular complexity index is 1120. The van der Waals surface area contributed by atoms with Gasteiger partial charge in [0.2, 0.25) is 0 Å². The van der Waals surface area contributed by atoms with E-state index < -0.39 is 5.97 Å². The number of carbonyl (C=O) groups is 1. The third-order valence-electron chi connectivity index (χ3n) is 4.56. The van der Waals surface area contributed by atoms with Gasteiger partial charge in [0.1, 0.15) is 0 Å². The van der Waals surface area contributed by atoms with Crippen molar-refractivity contribution in [1.82, 2.24) is 0 Å². The maximum atomic E-state index is 10.3. The van der Waals surface area contributed by atoms with Gasteiger partial charge in [-0.05, 0) is 36.1 Å². The molecule has 0 bridgehead atoms. The fourth-order valence-electron chi connectivity index (χ4n) is 2.55. The summed E-state index contributed by atoms with van der Waals surface area (Å²) >= 11 is 5.60. The van der Waals surface area contributed by atoms with Crippen LogP contribution in [0.5, 0.6) is 0 Å². The van der Waals surface area contributed by atoms with Crippen LogP contribution in [-0.4, -0.2) is 76.5 Å². The van der Waals surface area contributed by atoms with E-state index in [9.17, 15) is 4.79 Å². The molecule has 3 aromatic carbocycles. The number of alkyl halides is 1. The Morgan fingerprint density at radius 1 is 0.810 bits per heavy atom. The van der Waals surface area contributed by atoms with Crippen molar-refractivity contribution in [2.45, 2.75) is 26.1 Å². The summed E-state index contributed by atoms with van der Waals surface area (Å²) < 4.78 is 4.83. The molecule has 42 heavy (non-hydrogen) atoms. The molecule has 0 aliphatic heterocycles. The summed E-state index contributed by atoms with van der Waals surface area (Å²) in [6.07, 6.45) is 5.69. The van der Waals surface area contributed by atoms with Crippen molar-refractivity contribution in [3.05, 3.63) is 133 Å². The molecule has 5 nitrogen and oxygen atoms in total. The Morgan fingerprint density at radius 2 is 1.12 bits per heavy atom. The van der Waals surface area contributed by atoms with Gasteiger partial charge >= 0.3 is 58.2 Å². The summed E-state index contributed by atoms with van der Waals surface area (Å²) in [5.41, 5.74) is 6.28. The van der Waals surface area contributed by atoms with E-state index >= 15 is 0 Å². The monoisotopic (exact) mass is 634 g/mol. The van der Waals surface area contributed by atoms with Crippen LogP contribution in [0.2, 0.25) is 0 Å². The minimum Gasteiger partial charge on any atom is -1.00 e. The average molecular weight is 636 g/mol. The number of ether oxygens (including phenoxy) is 1. The maximum absolute atomic E-state index is 10.3. The normalized spacial score (nSPS) is 7.98. The average Bonchev–Trinajstić information content (AvgIpc) is 2.95. The summed E-state index contributed by atoms with van der Waals surface area (Å²) in [6.45, 7) is 20.3. The molecule has 3 aromatic rings. The van der Waals surface area contributed by atoms with E-state index in [-0.39, 0.29) is 73.9 Å². The molecule has 0 saturated carbocycles. The zero-order chi connectivity index (χ0) is 29.9. The van der Waals surface area contributed by atoms with Crippen LogP contribution in [0.15, 0.2) is 92.5 Å². The fraction of sp³-hybridized carbons (Fsp3) is 0.182. The number of carboxylic acid groups (broad SMARTS) is 1. The van der Waals surface area contributed by atoms with E-state index in [1.165, 1.54) is 0 Å². The molecule has 220 valence electrons. The number of hydrogen-bond acceptors (Lipinski definition) is 4. The SMILES string of the molecule is C=Cc1ccc(CC(=O)O)cc1.C=Cc1ccc(CCl)cc1.C=Cc1ccc([CH2-])cc1.CCOCC.O=C=O.[Cl-].[H-].[H-].[Mg+2].[Mg+2]. The van der Waals surface area contributed by atoms with Crippen LogP contribution < -0.4 is 12.4 Å². The van der Waals surface area contributed by atoms with E-state index in [1.54, 1.807) is 18.2 Å². The maximum Gasteiger partial charge on any atom is 2.00 e. The second kappa shape index (κ2) is 34.9. The van der Waals surface area contributed by atoms with Crippen molar-refractivity contribution in [3.8, 4) is 0 Å². The Morgan fingerprint density at radius 3 is 1.36 bits per heavy atom. The summed E-state index contributed by atoms with van der Waals surface area (Å²) in [5.74, 6) is -0.224. The molecule has 1 N–H and O–H groups in total. The van der Waals surface area contributed by atoms with Gasteiger partial charge in [0, 0.05) is 19.1 Å². The number of carbonyl (C=O) groups excluding carboxylic acids is 2. The van der Waals surface area contributed by atoms with Crippen molar-refractivity contribution < 1.29 is 39.5 Å². The van der Waals surface area contributed by atoms with E-state index in [4.69, 9.17) is 31.0 Å². The first-order valence-corrected chi connectivity index (χ1v) is 12.6. The fourth-order valence-corrected chi connectivity index (χ4v) is 2.73. The molecule has 0 aromatic heterocycles. The van der Waals surface area contributed by atoms with Gasteiger partial charge in [-0.2, -0.15) is 34.2 Å². The molecule has 0 fully saturated rings. The van der Waals surface area contributed by atoms with Crippen molar-refractivity contribution >= 4 is 88.1 Å². The molecule has 0 aliphatic rings. The van der Waals surface area contributed by atoms with Gasteiger partial charge in [0.25, 0.3) is 0 Å². The first-order chi connectivity index (χ1) is 18.7. The topological polar surface area (TPSA) is 80.7 Å². The smallest absolute Gasteiger partial charge is 1.00 e. The van der Waals surface area contributed by atoms with Gasteiger partial charge < -0.3 is 25.1 Å². The third-order valence-corrected chi connectivity index (χ3v) is 4.87. The molecule has 0 spiro atoms. The number of carboxylic acids is 1. The minimum absolute atomic E-state index is 0. The zero-order valence-electron chi connectivity index (χ0n) is 26.6. The van der Waals surface area contributed by atoms with Crippen molar-refractivity contribution in [2.24, 2.45) is 0 Å². The number of rotatable bonds is 8. The number of benzene rings is 3. The van der Waals surface area contributed by atoms with Crippen LogP contribution in [0.3, 0.4) is 0 Å². The van der Waals surface area contributed by atoms with Gasteiger partial charge in [-0.15, -0.1) is 23.7 Å². The van der Waals surface area contributed by atoms with Crippen molar-refractivity contribution in [3.63, 3.8) is 0 Å². The Labute approximate surface area is 297 Å². The third kappa shape index (κ3) is 29.2. The van der Waals surface area contributed by atoms with Gasteiger partial charge in [-0.25, -0.2) is 0 Å². The standard InChI is InChI=1S/C10H10O2.C9H9Cl.C9H9.C4H10O.CO2.ClH.2Mg.2H/c1-2-8-3-5-9(6-4-8)7-10(11)12;1-2-8-3-5-9(7-10)6-4-8;1-3-9-6-4-8(2)5-7-9;1-3-5-4-2;2-1-3;;;;;/h2-6H,1,7H2,(H,11,12);2-6H,1,7H2;3-7H,1-2H2;3-4H2,1-2H3;;1H;;;;/q;;-1;;;;2*+2;2*-1/p-1. The second-order valence-corrected chi connectivity index (χ2v) is 7.67. The van der Waals surface area contributed by atoms with E-state index in [2.05, 4.69) is 26.7 Å². The summed E-state index contributed by atoms with van der Waals surface area (Å²) in [5, 5.41) is 8.47. The predicted molar refractivity (Wildman–Crippen MR) is 176 cm³/mol. The summed E-state index contributed by atoms with van der Waals surface area (Å²) in [4.78, 5) is 26.6. The van der Waals surface area contributed by atoms with E-state index in [0.717, 1.165) is 46.6 Å².